The lowest BCUT2D eigenvalue weighted by atomic mass is 10.1. The van der Waals surface area contributed by atoms with Crippen LogP contribution < -0.4 is 0 Å². The Morgan fingerprint density at radius 3 is 1.45 bits per heavy atom. The highest BCUT2D eigenvalue weighted by atomic mass is 32.1. The molecule has 0 radical (unpaired) electrons. The summed E-state index contributed by atoms with van der Waals surface area (Å²) in [5, 5.41) is 17.2. The summed E-state index contributed by atoms with van der Waals surface area (Å²) in [5.74, 6) is -7.05. The SMILES string of the molecule is CC(O)(O)OC(C)(OC(=O)C(S)c1ccccc1)OC(=O)C(S)c1ccccc1. The molecule has 0 bridgehead atoms. The van der Waals surface area contributed by atoms with Crippen molar-refractivity contribution in [1.29, 1.82) is 0 Å². The molecule has 9 heteroatoms. The molecule has 0 saturated carbocycles. The van der Waals surface area contributed by atoms with Crippen molar-refractivity contribution < 1.29 is 34.0 Å². The zero-order chi connectivity index (χ0) is 21.7. The van der Waals surface area contributed by atoms with Gasteiger partial charge in [-0.05, 0) is 11.1 Å². The molecule has 2 aromatic carbocycles. The van der Waals surface area contributed by atoms with Gasteiger partial charge in [-0.25, -0.2) is 4.74 Å². The zero-order valence-corrected chi connectivity index (χ0v) is 17.5. The summed E-state index contributed by atoms with van der Waals surface area (Å²) in [6.07, 6.45) is 0. The van der Waals surface area contributed by atoms with Crippen molar-refractivity contribution in [2.24, 2.45) is 0 Å². The van der Waals surface area contributed by atoms with Gasteiger partial charge in [-0.15, -0.1) is 0 Å². The molecule has 29 heavy (non-hydrogen) atoms. The minimum Gasteiger partial charge on any atom is -0.397 e. The number of benzene rings is 2. The van der Waals surface area contributed by atoms with Gasteiger partial charge in [0.05, 0.1) is 0 Å². The first kappa shape index (κ1) is 23.2. The Morgan fingerprint density at radius 2 is 1.14 bits per heavy atom. The second-order valence-electron chi connectivity index (χ2n) is 6.37. The van der Waals surface area contributed by atoms with Gasteiger partial charge < -0.3 is 19.7 Å². The minimum absolute atomic E-state index is 0.529. The van der Waals surface area contributed by atoms with Crippen LogP contribution in [0.5, 0.6) is 0 Å². The lowest BCUT2D eigenvalue weighted by Crippen LogP contribution is -2.48. The fourth-order valence-corrected chi connectivity index (χ4v) is 2.88. The second-order valence-corrected chi connectivity index (χ2v) is 7.40. The summed E-state index contributed by atoms with van der Waals surface area (Å²) in [4.78, 5) is 25.0. The van der Waals surface area contributed by atoms with Gasteiger partial charge in [0, 0.05) is 13.8 Å². The lowest BCUT2D eigenvalue weighted by Gasteiger charge is -2.33. The van der Waals surface area contributed by atoms with Crippen LogP contribution >= 0.6 is 25.3 Å². The number of aliphatic hydroxyl groups is 2. The summed E-state index contributed by atoms with van der Waals surface area (Å²) in [6.45, 7) is 1.93. The molecular formula is C20H22O7S2. The Balaban J connectivity index is 2.19. The van der Waals surface area contributed by atoms with Gasteiger partial charge in [0.2, 0.25) is 0 Å². The zero-order valence-electron chi connectivity index (χ0n) is 15.8. The summed E-state index contributed by atoms with van der Waals surface area (Å²) in [6, 6.07) is 17.0. The maximum absolute atomic E-state index is 12.5. The average Bonchev–Trinajstić information content (AvgIpc) is 2.66. The van der Waals surface area contributed by atoms with Crippen LogP contribution in [0, 0.1) is 0 Å². The second kappa shape index (κ2) is 9.64. The van der Waals surface area contributed by atoms with Crippen LogP contribution in [-0.4, -0.2) is 34.1 Å². The standard InChI is InChI=1S/C20H22O7S2/c1-19(23,24)27-20(2,25-17(21)15(28)13-9-5-3-6-10-13)26-18(22)16(29)14-11-7-4-8-12-14/h3-12,15-16,23-24,28-29H,1-2H3. The summed E-state index contributed by atoms with van der Waals surface area (Å²) in [5.41, 5.74) is 1.06. The van der Waals surface area contributed by atoms with Crippen LogP contribution in [0.25, 0.3) is 0 Å². The van der Waals surface area contributed by atoms with E-state index in [0.717, 1.165) is 13.8 Å². The molecule has 0 amide bonds. The van der Waals surface area contributed by atoms with Crippen molar-refractivity contribution in [3.8, 4) is 0 Å². The van der Waals surface area contributed by atoms with Crippen molar-refractivity contribution in [2.75, 3.05) is 0 Å². The summed E-state index contributed by atoms with van der Waals surface area (Å²) in [7, 11) is 0. The molecule has 0 aliphatic rings. The molecule has 0 fully saturated rings. The molecule has 2 atom stereocenters. The molecule has 0 aliphatic carbocycles. The molecule has 2 N–H and O–H groups in total. The predicted molar refractivity (Wildman–Crippen MR) is 111 cm³/mol. The molecule has 0 saturated heterocycles. The number of hydrogen-bond acceptors (Lipinski definition) is 9. The number of carbonyl (C=O) groups excluding carboxylic acids is 2. The number of thiol groups is 2. The van der Waals surface area contributed by atoms with Gasteiger partial charge in [0.15, 0.2) is 0 Å². The van der Waals surface area contributed by atoms with E-state index in [9.17, 15) is 19.8 Å². The Labute approximate surface area is 179 Å². The van der Waals surface area contributed by atoms with E-state index in [1.165, 1.54) is 0 Å². The van der Waals surface area contributed by atoms with Crippen LogP contribution in [0.3, 0.4) is 0 Å². The molecule has 2 unspecified atom stereocenters. The van der Waals surface area contributed by atoms with Crippen LogP contribution in [-0.2, 0) is 23.8 Å². The molecule has 156 valence electrons. The van der Waals surface area contributed by atoms with Crippen molar-refractivity contribution in [2.45, 2.75) is 36.3 Å². The number of hydrogen-bond donors (Lipinski definition) is 4. The third-order valence-electron chi connectivity index (χ3n) is 3.63. The molecule has 0 aromatic heterocycles. The molecule has 2 aromatic rings. The van der Waals surface area contributed by atoms with Gasteiger partial charge in [0.1, 0.15) is 10.5 Å². The summed E-state index contributed by atoms with van der Waals surface area (Å²) < 4.78 is 15.2. The Bertz CT molecular complexity index is 762. The maximum atomic E-state index is 12.5. The lowest BCUT2D eigenvalue weighted by molar-refractivity contribution is -0.455. The van der Waals surface area contributed by atoms with Gasteiger partial charge in [0.25, 0.3) is 5.97 Å². The van der Waals surface area contributed by atoms with E-state index in [1.807, 2.05) is 0 Å². The van der Waals surface area contributed by atoms with Crippen LogP contribution in [0.15, 0.2) is 60.7 Å². The maximum Gasteiger partial charge on any atom is 0.377 e. The average molecular weight is 439 g/mol. The van der Waals surface area contributed by atoms with E-state index in [0.29, 0.717) is 11.1 Å². The van der Waals surface area contributed by atoms with Crippen molar-refractivity contribution in [1.82, 2.24) is 0 Å². The largest absolute Gasteiger partial charge is 0.397 e. The van der Waals surface area contributed by atoms with Crippen LogP contribution in [0.4, 0.5) is 0 Å². The summed E-state index contributed by atoms with van der Waals surface area (Å²) >= 11 is 8.43. The minimum atomic E-state index is -2.76. The number of ether oxygens (including phenoxy) is 3. The highest BCUT2D eigenvalue weighted by Crippen LogP contribution is 2.30. The third kappa shape index (κ3) is 7.06. The van der Waals surface area contributed by atoms with Crippen molar-refractivity contribution in [3.63, 3.8) is 0 Å². The van der Waals surface area contributed by atoms with Gasteiger partial charge in [-0.3, -0.25) is 9.59 Å². The molecule has 7 nitrogen and oxygen atoms in total. The quantitative estimate of drug-likeness (QED) is 0.286. The first-order chi connectivity index (χ1) is 13.5. The molecule has 0 aliphatic heterocycles. The van der Waals surface area contributed by atoms with E-state index in [1.54, 1.807) is 60.7 Å². The van der Waals surface area contributed by atoms with Crippen LogP contribution in [0.1, 0.15) is 35.5 Å². The van der Waals surface area contributed by atoms with Gasteiger partial charge in [-0.2, -0.15) is 25.3 Å². The van der Waals surface area contributed by atoms with E-state index in [-0.39, 0.29) is 0 Å². The molecular weight excluding hydrogens is 416 g/mol. The Morgan fingerprint density at radius 1 is 0.793 bits per heavy atom. The Hall–Kier alpha value is -2.04. The first-order valence-electron chi connectivity index (χ1n) is 8.57. The fraction of sp³-hybridized carbons (Fsp3) is 0.300. The molecule has 0 spiro atoms. The number of rotatable bonds is 8. The van der Waals surface area contributed by atoms with Crippen molar-refractivity contribution in [3.05, 3.63) is 71.8 Å². The molecule has 0 heterocycles. The van der Waals surface area contributed by atoms with E-state index in [4.69, 9.17) is 14.2 Å². The van der Waals surface area contributed by atoms with E-state index in [2.05, 4.69) is 25.3 Å². The number of esters is 2. The monoisotopic (exact) mass is 438 g/mol. The van der Waals surface area contributed by atoms with Gasteiger partial charge in [-0.1, -0.05) is 60.7 Å². The first-order valence-corrected chi connectivity index (χ1v) is 9.61. The topological polar surface area (TPSA) is 102 Å². The third-order valence-corrected chi connectivity index (χ3v) is 4.65. The predicted octanol–water partition coefficient (Wildman–Crippen LogP) is 2.76. The van der Waals surface area contributed by atoms with Crippen LogP contribution in [0.2, 0.25) is 0 Å². The van der Waals surface area contributed by atoms with Gasteiger partial charge >= 0.3 is 17.9 Å². The normalized spacial score (nSPS) is 15.7. The van der Waals surface area contributed by atoms with Crippen molar-refractivity contribution >= 4 is 37.2 Å². The molecule has 2 rings (SSSR count). The smallest absolute Gasteiger partial charge is 0.377 e. The fourth-order valence-electron chi connectivity index (χ4n) is 2.43. The number of carbonyl (C=O) groups is 2. The van der Waals surface area contributed by atoms with E-state index >= 15 is 0 Å². The van der Waals surface area contributed by atoms with E-state index < -0.39 is 34.4 Å². The highest BCUT2D eigenvalue weighted by molar-refractivity contribution is 7.81. The highest BCUT2D eigenvalue weighted by Gasteiger charge is 2.43. The Kier molecular flexibility index (Phi) is 7.73.